The molecule has 2 heterocycles. The lowest BCUT2D eigenvalue weighted by Gasteiger charge is -2.34. The largest absolute Gasteiger partial charge is 0.340 e. The van der Waals surface area contributed by atoms with Gasteiger partial charge < -0.3 is 9.80 Å². The van der Waals surface area contributed by atoms with Crippen LogP contribution in [0.5, 0.6) is 0 Å². The first kappa shape index (κ1) is 18.2. The summed E-state index contributed by atoms with van der Waals surface area (Å²) in [4.78, 5) is 19.3. The summed E-state index contributed by atoms with van der Waals surface area (Å²) < 4.78 is 0. The number of piperazine rings is 1. The highest BCUT2D eigenvalue weighted by atomic mass is 16.2. The molecule has 0 unspecified atom stereocenters. The first-order chi connectivity index (χ1) is 12.2. The molecule has 0 aliphatic carbocycles. The van der Waals surface area contributed by atoms with E-state index >= 15 is 0 Å². The molecular formula is C21H31N3O. The third-order valence-corrected chi connectivity index (χ3v) is 5.45. The first-order valence-corrected chi connectivity index (χ1v) is 9.68. The molecule has 2 aliphatic heterocycles. The van der Waals surface area contributed by atoms with Crippen LogP contribution in [0.2, 0.25) is 0 Å². The van der Waals surface area contributed by atoms with Crippen LogP contribution in [0.1, 0.15) is 31.7 Å². The van der Waals surface area contributed by atoms with Gasteiger partial charge in [0.2, 0.25) is 5.91 Å². The van der Waals surface area contributed by atoms with Gasteiger partial charge in [-0.05, 0) is 25.3 Å². The summed E-state index contributed by atoms with van der Waals surface area (Å²) in [6.45, 7) is 9.38. The fourth-order valence-corrected chi connectivity index (χ4v) is 3.80. The van der Waals surface area contributed by atoms with Crippen LogP contribution in [0.4, 0.5) is 0 Å². The average Bonchev–Trinajstić information content (AvgIpc) is 3.08. The number of carbonyl (C=O) groups excluding carboxylic acids is 1. The van der Waals surface area contributed by atoms with Crippen LogP contribution < -0.4 is 0 Å². The van der Waals surface area contributed by atoms with Crippen LogP contribution >= 0.6 is 0 Å². The molecule has 1 aromatic carbocycles. The summed E-state index contributed by atoms with van der Waals surface area (Å²) in [6, 6.07) is 10.9. The Hall–Kier alpha value is -1.65. The van der Waals surface area contributed by atoms with Gasteiger partial charge in [0.1, 0.15) is 0 Å². The second-order valence-corrected chi connectivity index (χ2v) is 7.28. The zero-order chi connectivity index (χ0) is 17.5. The highest BCUT2D eigenvalue weighted by Gasteiger charge is 2.25. The van der Waals surface area contributed by atoms with Crippen molar-refractivity contribution in [3.8, 4) is 0 Å². The first-order valence-electron chi connectivity index (χ1n) is 9.68. The van der Waals surface area contributed by atoms with Crippen molar-refractivity contribution in [2.45, 2.75) is 32.2 Å². The molecule has 0 N–H and O–H groups in total. The second-order valence-electron chi connectivity index (χ2n) is 7.28. The predicted octanol–water partition coefficient (Wildman–Crippen LogP) is 2.72. The quantitative estimate of drug-likeness (QED) is 0.796. The van der Waals surface area contributed by atoms with Gasteiger partial charge >= 0.3 is 0 Å². The summed E-state index contributed by atoms with van der Waals surface area (Å²) >= 11 is 0. The molecule has 2 fully saturated rings. The number of hydrogen-bond acceptors (Lipinski definition) is 3. The number of carbonyl (C=O) groups is 1. The SMILES string of the molecule is C[C@@H]1CCCN1C(=O)CCN1CCN(C/C=C/c2ccccc2)CC1. The minimum Gasteiger partial charge on any atom is -0.340 e. The molecule has 0 bridgehead atoms. The van der Waals surface area contributed by atoms with Crippen LogP contribution in [0, 0.1) is 0 Å². The third-order valence-electron chi connectivity index (χ3n) is 5.45. The summed E-state index contributed by atoms with van der Waals surface area (Å²) in [5, 5.41) is 0. The molecule has 0 aromatic heterocycles. The van der Waals surface area contributed by atoms with E-state index in [2.05, 4.69) is 58.0 Å². The normalized spacial score (nSPS) is 22.8. The standard InChI is InChI=1S/C21H31N3O/c1-19-7-5-13-24(19)21(25)11-14-23-17-15-22(16-18-23)12-6-10-20-8-3-2-4-9-20/h2-4,6,8-10,19H,5,7,11-18H2,1H3/b10-6+/t19-/m1/s1. The Balaban J connectivity index is 1.33. The maximum absolute atomic E-state index is 12.3. The third kappa shape index (κ3) is 5.41. The maximum Gasteiger partial charge on any atom is 0.224 e. The summed E-state index contributed by atoms with van der Waals surface area (Å²) in [7, 11) is 0. The Labute approximate surface area is 152 Å². The highest BCUT2D eigenvalue weighted by molar-refractivity contribution is 5.77. The molecule has 1 aromatic rings. The van der Waals surface area contributed by atoms with E-state index < -0.39 is 0 Å². The van der Waals surface area contributed by atoms with Gasteiger partial charge in [-0.2, -0.15) is 0 Å². The van der Waals surface area contributed by atoms with Gasteiger partial charge in [-0.1, -0.05) is 42.5 Å². The van der Waals surface area contributed by atoms with Crippen molar-refractivity contribution in [1.29, 1.82) is 0 Å². The van der Waals surface area contributed by atoms with Crippen molar-refractivity contribution in [3.63, 3.8) is 0 Å². The average molecular weight is 341 g/mol. The van der Waals surface area contributed by atoms with Gasteiger partial charge in [-0.3, -0.25) is 9.69 Å². The van der Waals surface area contributed by atoms with E-state index in [1.807, 2.05) is 6.07 Å². The Morgan fingerprint density at radius 3 is 2.48 bits per heavy atom. The van der Waals surface area contributed by atoms with Crippen molar-refractivity contribution in [2.75, 3.05) is 45.8 Å². The molecule has 0 spiro atoms. The van der Waals surface area contributed by atoms with Crippen molar-refractivity contribution in [3.05, 3.63) is 42.0 Å². The van der Waals surface area contributed by atoms with Crippen LogP contribution in [0.15, 0.2) is 36.4 Å². The van der Waals surface area contributed by atoms with Crippen LogP contribution in [-0.4, -0.2) is 72.5 Å². The molecule has 1 atom stereocenters. The van der Waals surface area contributed by atoms with Gasteiger partial charge in [-0.25, -0.2) is 0 Å². The molecule has 0 radical (unpaired) electrons. The molecule has 4 heteroatoms. The van der Waals surface area contributed by atoms with Crippen LogP contribution in [-0.2, 0) is 4.79 Å². The number of nitrogens with zero attached hydrogens (tertiary/aromatic N) is 3. The lowest BCUT2D eigenvalue weighted by molar-refractivity contribution is -0.132. The van der Waals surface area contributed by atoms with Crippen molar-refractivity contribution in [1.82, 2.24) is 14.7 Å². The highest BCUT2D eigenvalue weighted by Crippen LogP contribution is 2.17. The molecule has 136 valence electrons. The van der Waals surface area contributed by atoms with E-state index in [0.29, 0.717) is 18.4 Å². The van der Waals surface area contributed by atoms with Gasteiger partial charge in [0.15, 0.2) is 0 Å². The van der Waals surface area contributed by atoms with E-state index in [1.165, 1.54) is 18.4 Å². The van der Waals surface area contributed by atoms with Crippen molar-refractivity contribution in [2.24, 2.45) is 0 Å². The zero-order valence-corrected chi connectivity index (χ0v) is 15.4. The summed E-state index contributed by atoms with van der Waals surface area (Å²) in [5.74, 6) is 0.346. The minimum atomic E-state index is 0.346. The molecule has 25 heavy (non-hydrogen) atoms. The zero-order valence-electron chi connectivity index (χ0n) is 15.4. The maximum atomic E-state index is 12.3. The predicted molar refractivity (Wildman–Crippen MR) is 103 cm³/mol. The van der Waals surface area contributed by atoms with E-state index in [1.54, 1.807) is 0 Å². The van der Waals surface area contributed by atoms with Gasteiger partial charge in [0.25, 0.3) is 0 Å². The summed E-state index contributed by atoms with van der Waals surface area (Å²) in [5.41, 5.74) is 1.26. The molecule has 1 amide bonds. The van der Waals surface area contributed by atoms with E-state index in [-0.39, 0.29) is 0 Å². The number of amides is 1. The smallest absolute Gasteiger partial charge is 0.224 e. The summed E-state index contributed by atoms with van der Waals surface area (Å²) in [6.07, 6.45) is 7.47. The monoisotopic (exact) mass is 341 g/mol. The fourth-order valence-electron chi connectivity index (χ4n) is 3.80. The van der Waals surface area contributed by atoms with Gasteiger partial charge in [0, 0.05) is 58.3 Å². The van der Waals surface area contributed by atoms with Gasteiger partial charge in [0.05, 0.1) is 0 Å². The van der Waals surface area contributed by atoms with Crippen LogP contribution in [0.3, 0.4) is 0 Å². The lowest BCUT2D eigenvalue weighted by Crippen LogP contribution is -2.47. The second kappa shape index (κ2) is 9.16. The van der Waals surface area contributed by atoms with Crippen molar-refractivity contribution < 1.29 is 4.79 Å². The fraction of sp³-hybridized carbons (Fsp3) is 0.571. The van der Waals surface area contributed by atoms with Crippen LogP contribution in [0.25, 0.3) is 6.08 Å². The number of likely N-dealkylation sites (tertiary alicyclic amines) is 1. The Bertz CT molecular complexity index is 564. The van der Waals surface area contributed by atoms with E-state index in [9.17, 15) is 4.79 Å². The molecule has 4 nitrogen and oxygen atoms in total. The molecule has 0 saturated carbocycles. The Morgan fingerprint density at radius 1 is 1.08 bits per heavy atom. The Kier molecular flexibility index (Phi) is 6.65. The molecular weight excluding hydrogens is 310 g/mol. The Morgan fingerprint density at radius 2 is 1.80 bits per heavy atom. The number of rotatable bonds is 6. The lowest BCUT2D eigenvalue weighted by atomic mass is 10.2. The minimum absolute atomic E-state index is 0.346. The molecule has 3 rings (SSSR count). The van der Waals surface area contributed by atoms with Crippen molar-refractivity contribution >= 4 is 12.0 Å². The topological polar surface area (TPSA) is 26.8 Å². The molecule has 2 saturated heterocycles. The van der Waals surface area contributed by atoms with Gasteiger partial charge in [-0.15, -0.1) is 0 Å². The number of hydrogen-bond donors (Lipinski definition) is 0. The van der Waals surface area contributed by atoms with E-state index in [4.69, 9.17) is 0 Å². The molecule has 2 aliphatic rings. The van der Waals surface area contributed by atoms with E-state index in [0.717, 1.165) is 45.8 Å². The number of benzene rings is 1.